The average Bonchev–Trinajstić information content (AvgIpc) is 3.20. The molecule has 2 aromatic heterocycles. The molecule has 0 fully saturated rings. The van der Waals surface area contributed by atoms with Gasteiger partial charge in [0.1, 0.15) is 0 Å². The molecule has 0 aliphatic heterocycles. The Hall–Kier alpha value is -2.25. The molecule has 2 aromatic carbocycles. The zero-order chi connectivity index (χ0) is 18.8. The normalized spacial score (nSPS) is 11.5. The predicted octanol–water partition coefficient (Wildman–Crippen LogP) is 6.06. The molecule has 2 heterocycles. The van der Waals surface area contributed by atoms with E-state index in [-0.39, 0.29) is 5.43 Å². The van der Waals surface area contributed by atoms with E-state index in [1.165, 1.54) is 14.5 Å². The number of hydrogen-bond donors (Lipinski definition) is 1. The Kier molecular flexibility index (Phi) is 5.22. The van der Waals surface area contributed by atoms with Gasteiger partial charge in [-0.2, -0.15) is 0 Å². The van der Waals surface area contributed by atoms with E-state index in [2.05, 4.69) is 23.6 Å². The van der Waals surface area contributed by atoms with Crippen LogP contribution >= 0.6 is 31.2 Å². The molecule has 0 aliphatic carbocycles. The fourth-order valence-electron chi connectivity index (χ4n) is 2.83. The Morgan fingerprint density at radius 2 is 1.89 bits per heavy atom. The van der Waals surface area contributed by atoms with Crippen LogP contribution in [0.15, 0.2) is 81.3 Å². The third-order valence-corrected chi connectivity index (χ3v) is 11.2. The van der Waals surface area contributed by atoms with Crippen LogP contribution in [-0.4, -0.2) is 3.72 Å². The minimum absolute atomic E-state index is 0.0836. The summed E-state index contributed by atoms with van der Waals surface area (Å²) in [5.41, 5.74) is 1.49. The molecule has 0 saturated carbocycles. The minimum atomic E-state index is -2.07. The predicted molar refractivity (Wildman–Crippen MR) is 121 cm³/mol. The van der Waals surface area contributed by atoms with Crippen molar-refractivity contribution in [1.29, 1.82) is 5.41 Å². The molecular formula is C22H18INO2S. The van der Waals surface area contributed by atoms with Crippen molar-refractivity contribution < 1.29 is 4.42 Å². The van der Waals surface area contributed by atoms with Crippen molar-refractivity contribution in [3.8, 4) is 0 Å². The van der Waals surface area contributed by atoms with Crippen molar-refractivity contribution in [2.75, 3.05) is 0 Å². The number of halogens is 1. The first kappa shape index (κ1) is 18.1. The van der Waals surface area contributed by atoms with Gasteiger partial charge in [0.2, 0.25) is 0 Å². The molecule has 0 atom stereocenters. The molecule has 4 aromatic rings. The van der Waals surface area contributed by atoms with Gasteiger partial charge in [-0.25, -0.2) is 0 Å². The number of nitrogens with one attached hydrogen (secondary N) is 1. The fraction of sp³-hybridized carbons (Fsp3) is 0.0909. The molecule has 0 spiro atoms. The summed E-state index contributed by atoms with van der Waals surface area (Å²) in [7, 11) is 0. The van der Waals surface area contributed by atoms with E-state index in [0.29, 0.717) is 20.4 Å². The van der Waals surface area contributed by atoms with Gasteiger partial charge in [0.05, 0.1) is 0 Å². The van der Waals surface area contributed by atoms with Crippen LogP contribution in [0.5, 0.6) is 0 Å². The van der Waals surface area contributed by atoms with Crippen LogP contribution in [-0.2, 0) is 4.43 Å². The number of fused-ring (bicyclic) bond motifs is 1. The second-order valence-corrected chi connectivity index (χ2v) is 12.3. The fourth-order valence-corrected chi connectivity index (χ4v) is 9.30. The molecule has 0 amide bonds. The molecule has 0 bridgehead atoms. The number of aryl methyl sites for hydroxylation is 1. The van der Waals surface area contributed by atoms with Crippen LogP contribution in [0.3, 0.4) is 0 Å². The summed E-state index contributed by atoms with van der Waals surface area (Å²) in [6, 6.07) is 21.4. The van der Waals surface area contributed by atoms with Crippen LogP contribution in [0.4, 0.5) is 0 Å². The zero-order valence-electron chi connectivity index (χ0n) is 14.7. The molecule has 0 radical (unpaired) electrons. The zero-order valence-corrected chi connectivity index (χ0v) is 17.7. The summed E-state index contributed by atoms with van der Waals surface area (Å²) in [6.45, 7) is 1.95. The second kappa shape index (κ2) is 7.78. The molecule has 4 rings (SSSR count). The standard InChI is InChI=1S/C22H18INO2S/c1-15-9-10-20-18(12-15)19(25)13-21(26-20)22(24)23(14-17-8-5-11-27-17)16-6-3-2-4-7-16/h2-13,24H,14H2,1H3. The monoisotopic (exact) mass is 487 g/mol. The van der Waals surface area contributed by atoms with Gasteiger partial charge in [0.25, 0.3) is 0 Å². The molecule has 0 aliphatic rings. The van der Waals surface area contributed by atoms with Gasteiger partial charge in [-0.3, -0.25) is 0 Å². The molecule has 0 saturated heterocycles. The molecule has 3 nitrogen and oxygen atoms in total. The van der Waals surface area contributed by atoms with E-state index in [4.69, 9.17) is 9.83 Å². The van der Waals surface area contributed by atoms with E-state index in [9.17, 15) is 4.79 Å². The number of alkyl halides is 1. The van der Waals surface area contributed by atoms with E-state index in [1.807, 2.05) is 49.4 Å². The Morgan fingerprint density at radius 1 is 1.07 bits per heavy atom. The molecule has 5 heteroatoms. The SMILES string of the molecule is Cc1ccc2oc(C(=N)I(Cc3cccs3)c3ccccc3)cc(=O)c2c1. The first-order chi connectivity index (χ1) is 13.1. The maximum atomic E-state index is 12.6. The van der Waals surface area contributed by atoms with E-state index >= 15 is 0 Å². The third kappa shape index (κ3) is 3.89. The Bertz CT molecular complexity index is 1150. The number of hydrogen-bond acceptors (Lipinski definition) is 4. The molecular weight excluding hydrogens is 469 g/mol. The van der Waals surface area contributed by atoms with Gasteiger partial charge < -0.3 is 0 Å². The first-order valence-corrected chi connectivity index (χ1v) is 13.0. The van der Waals surface area contributed by atoms with E-state index in [0.717, 1.165) is 9.99 Å². The molecule has 136 valence electrons. The van der Waals surface area contributed by atoms with Crippen molar-refractivity contribution in [2.24, 2.45) is 0 Å². The van der Waals surface area contributed by atoms with E-state index in [1.54, 1.807) is 11.3 Å². The summed E-state index contributed by atoms with van der Waals surface area (Å²) >= 11 is -0.355. The van der Waals surface area contributed by atoms with Crippen LogP contribution < -0.4 is 5.43 Å². The van der Waals surface area contributed by atoms with Gasteiger partial charge in [-0.15, -0.1) is 0 Å². The second-order valence-electron chi connectivity index (χ2n) is 6.16. The van der Waals surface area contributed by atoms with Crippen LogP contribution in [0, 0.1) is 15.9 Å². The van der Waals surface area contributed by atoms with Crippen molar-refractivity contribution in [2.45, 2.75) is 11.4 Å². The molecule has 1 N–H and O–H groups in total. The van der Waals surface area contributed by atoms with Gasteiger partial charge in [-0.05, 0) is 0 Å². The Labute approximate surface area is 168 Å². The number of thiophene rings is 1. The summed E-state index contributed by atoms with van der Waals surface area (Å²) in [4.78, 5) is 13.9. The third-order valence-electron chi connectivity index (χ3n) is 4.17. The summed E-state index contributed by atoms with van der Waals surface area (Å²) in [5.74, 6) is 0.405. The molecule has 27 heavy (non-hydrogen) atoms. The van der Waals surface area contributed by atoms with Crippen molar-refractivity contribution in [3.05, 3.63) is 102 Å². The van der Waals surface area contributed by atoms with Crippen LogP contribution in [0.25, 0.3) is 11.0 Å². The van der Waals surface area contributed by atoms with Crippen molar-refractivity contribution >= 4 is 45.8 Å². The van der Waals surface area contributed by atoms with Gasteiger partial charge in [0, 0.05) is 0 Å². The summed E-state index contributed by atoms with van der Waals surface area (Å²) < 4.78 is 8.55. The number of benzene rings is 2. The van der Waals surface area contributed by atoms with Crippen molar-refractivity contribution in [1.82, 2.24) is 0 Å². The van der Waals surface area contributed by atoms with Gasteiger partial charge in [0.15, 0.2) is 0 Å². The topological polar surface area (TPSA) is 54.1 Å². The van der Waals surface area contributed by atoms with E-state index < -0.39 is 19.8 Å². The first-order valence-electron chi connectivity index (χ1n) is 8.48. The van der Waals surface area contributed by atoms with Crippen LogP contribution in [0.2, 0.25) is 0 Å². The Morgan fingerprint density at radius 3 is 2.63 bits per heavy atom. The van der Waals surface area contributed by atoms with Crippen LogP contribution in [0.1, 0.15) is 16.2 Å². The Balaban J connectivity index is 1.78. The summed E-state index contributed by atoms with van der Waals surface area (Å²) in [6.07, 6.45) is 0. The van der Waals surface area contributed by atoms with Gasteiger partial charge >= 0.3 is 169 Å². The van der Waals surface area contributed by atoms with Gasteiger partial charge in [-0.1, -0.05) is 0 Å². The summed E-state index contributed by atoms with van der Waals surface area (Å²) in [5, 5.41) is 11.5. The number of rotatable bonds is 5. The van der Waals surface area contributed by atoms with Crippen molar-refractivity contribution in [3.63, 3.8) is 0 Å². The molecule has 0 unspecified atom stereocenters. The quantitative estimate of drug-likeness (QED) is 0.211. The average molecular weight is 487 g/mol. The maximum absolute atomic E-state index is 12.6.